The molecule has 1 saturated heterocycles. The van der Waals surface area contributed by atoms with E-state index in [2.05, 4.69) is 18.7 Å². The second-order valence-corrected chi connectivity index (χ2v) is 5.45. The van der Waals surface area contributed by atoms with E-state index < -0.39 is 0 Å². The molecule has 0 spiro atoms. The lowest BCUT2D eigenvalue weighted by molar-refractivity contribution is -0.125. The zero-order chi connectivity index (χ0) is 15.2. The van der Waals surface area contributed by atoms with Crippen LogP contribution < -0.4 is 5.73 Å². The fourth-order valence-electron chi connectivity index (χ4n) is 2.92. The number of hydrogen-bond acceptors (Lipinski definition) is 3. The highest BCUT2D eigenvalue weighted by atomic mass is 16.2. The third kappa shape index (κ3) is 4.08. The maximum absolute atomic E-state index is 12.2. The quantitative estimate of drug-likeness (QED) is 0.667. The minimum atomic E-state index is 0.0899. The van der Waals surface area contributed by atoms with Gasteiger partial charge in [-0.15, -0.1) is 0 Å². The lowest BCUT2D eigenvalue weighted by Crippen LogP contribution is -2.38. The predicted octanol–water partition coefficient (Wildman–Crippen LogP) is 2.22. The topological polar surface area (TPSA) is 49.6 Å². The van der Waals surface area contributed by atoms with Crippen molar-refractivity contribution in [3.63, 3.8) is 0 Å². The van der Waals surface area contributed by atoms with Gasteiger partial charge in [-0.2, -0.15) is 0 Å². The number of nitrogens with zero attached hydrogens (tertiary/aromatic N) is 2. The number of nitrogens with two attached hydrogens (primary N) is 1. The highest BCUT2D eigenvalue weighted by Gasteiger charge is 2.27. The Morgan fingerprint density at radius 2 is 2.19 bits per heavy atom. The first-order valence-corrected chi connectivity index (χ1v) is 7.70. The summed E-state index contributed by atoms with van der Waals surface area (Å²) in [6.45, 7) is 8.12. The molecule has 2 N–H and O–H groups in total. The fourth-order valence-corrected chi connectivity index (χ4v) is 2.92. The van der Waals surface area contributed by atoms with Crippen molar-refractivity contribution in [3.05, 3.63) is 35.9 Å². The summed E-state index contributed by atoms with van der Waals surface area (Å²) in [4.78, 5) is 16.6. The third-order valence-electron chi connectivity index (χ3n) is 4.13. The van der Waals surface area contributed by atoms with Crippen molar-refractivity contribution in [1.29, 1.82) is 0 Å². The molecule has 1 fully saturated rings. The number of likely N-dealkylation sites (N-methyl/N-ethyl adjacent to an activating group) is 1. The number of nitrogen functional groups attached to an aromatic ring is 1. The van der Waals surface area contributed by atoms with E-state index in [1.807, 2.05) is 35.2 Å². The van der Waals surface area contributed by atoms with Gasteiger partial charge in [0.2, 0.25) is 5.91 Å². The number of carbonyl (C=O) groups excluding carboxylic acids is 1. The van der Waals surface area contributed by atoms with Crippen molar-refractivity contribution in [3.8, 4) is 0 Å². The van der Waals surface area contributed by atoms with Crippen molar-refractivity contribution >= 4 is 17.7 Å². The summed E-state index contributed by atoms with van der Waals surface area (Å²) in [7, 11) is 0. The van der Waals surface area contributed by atoms with Crippen LogP contribution in [0.3, 0.4) is 0 Å². The van der Waals surface area contributed by atoms with Crippen LogP contribution in [0.5, 0.6) is 0 Å². The molecule has 0 bridgehead atoms. The van der Waals surface area contributed by atoms with Gasteiger partial charge in [-0.1, -0.05) is 26.0 Å². The van der Waals surface area contributed by atoms with E-state index in [1.165, 1.54) is 0 Å². The number of hydrogen-bond donors (Lipinski definition) is 1. The van der Waals surface area contributed by atoms with Gasteiger partial charge >= 0.3 is 0 Å². The molecule has 1 unspecified atom stereocenters. The molecule has 1 aliphatic heterocycles. The van der Waals surface area contributed by atoms with Gasteiger partial charge in [-0.25, -0.2) is 0 Å². The molecule has 0 aliphatic carbocycles. The SMILES string of the molecule is CCN(CC)C1CCN(C(=O)/C=C/c2cccc(N)c2)C1. The molecule has 1 heterocycles. The van der Waals surface area contributed by atoms with Crippen molar-refractivity contribution in [1.82, 2.24) is 9.80 Å². The summed E-state index contributed by atoms with van der Waals surface area (Å²) in [5, 5.41) is 0. The number of rotatable bonds is 5. The van der Waals surface area contributed by atoms with E-state index in [0.29, 0.717) is 11.7 Å². The standard InChI is InChI=1S/C17H25N3O/c1-3-19(4-2)16-10-11-20(13-16)17(21)9-8-14-6-5-7-15(18)12-14/h5-9,12,16H,3-4,10-11,13,18H2,1-2H3/b9-8+. The molecule has 4 heteroatoms. The smallest absolute Gasteiger partial charge is 0.246 e. The average Bonchev–Trinajstić information content (AvgIpc) is 2.96. The third-order valence-corrected chi connectivity index (χ3v) is 4.13. The first-order valence-electron chi connectivity index (χ1n) is 7.70. The Kier molecular flexibility index (Phi) is 5.39. The summed E-state index contributed by atoms with van der Waals surface area (Å²) in [5.74, 6) is 0.0899. The van der Waals surface area contributed by atoms with Gasteiger partial charge in [0, 0.05) is 30.9 Å². The Labute approximate surface area is 127 Å². The maximum atomic E-state index is 12.2. The molecule has 1 aliphatic rings. The van der Waals surface area contributed by atoms with Crippen molar-refractivity contribution in [2.24, 2.45) is 0 Å². The molecule has 0 radical (unpaired) electrons. The van der Waals surface area contributed by atoms with E-state index in [1.54, 1.807) is 6.08 Å². The highest BCUT2D eigenvalue weighted by molar-refractivity contribution is 5.92. The van der Waals surface area contributed by atoms with Crippen LogP contribution in [-0.4, -0.2) is 47.9 Å². The summed E-state index contributed by atoms with van der Waals surface area (Å²) in [6, 6.07) is 8.06. The molecule has 2 rings (SSSR count). The van der Waals surface area contributed by atoms with Crippen molar-refractivity contribution < 1.29 is 4.79 Å². The average molecular weight is 287 g/mol. The van der Waals surface area contributed by atoms with Crippen LogP contribution in [0.15, 0.2) is 30.3 Å². The summed E-state index contributed by atoms with van der Waals surface area (Å²) in [6.07, 6.45) is 4.56. The molecule has 1 atom stereocenters. The zero-order valence-electron chi connectivity index (χ0n) is 13.0. The predicted molar refractivity (Wildman–Crippen MR) is 87.8 cm³/mol. The van der Waals surface area contributed by atoms with E-state index in [0.717, 1.165) is 38.2 Å². The Balaban J connectivity index is 1.93. The summed E-state index contributed by atoms with van der Waals surface area (Å²) in [5.41, 5.74) is 7.41. The maximum Gasteiger partial charge on any atom is 0.246 e. The van der Waals surface area contributed by atoms with Crippen molar-refractivity contribution in [2.45, 2.75) is 26.3 Å². The first-order chi connectivity index (χ1) is 10.1. The molecule has 1 amide bonds. The van der Waals surface area contributed by atoms with E-state index >= 15 is 0 Å². The van der Waals surface area contributed by atoms with E-state index in [4.69, 9.17) is 5.73 Å². The largest absolute Gasteiger partial charge is 0.399 e. The van der Waals surface area contributed by atoms with Gasteiger partial charge in [-0.05, 0) is 43.3 Å². The highest BCUT2D eigenvalue weighted by Crippen LogP contribution is 2.16. The van der Waals surface area contributed by atoms with Crippen LogP contribution in [0.4, 0.5) is 5.69 Å². The number of benzene rings is 1. The van der Waals surface area contributed by atoms with Crippen LogP contribution in [0.1, 0.15) is 25.8 Å². The Hall–Kier alpha value is -1.81. The molecule has 0 saturated carbocycles. The molecule has 4 nitrogen and oxygen atoms in total. The molecule has 1 aromatic carbocycles. The lowest BCUT2D eigenvalue weighted by atomic mass is 10.2. The zero-order valence-corrected chi connectivity index (χ0v) is 13.0. The van der Waals surface area contributed by atoms with Crippen LogP contribution >= 0.6 is 0 Å². The fraction of sp³-hybridized carbons (Fsp3) is 0.471. The Bertz CT molecular complexity index is 509. The summed E-state index contributed by atoms with van der Waals surface area (Å²) >= 11 is 0. The molecular weight excluding hydrogens is 262 g/mol. The second-order valence-electron chi connectivity index (χ2n) is 5.45. The molecule has 1 aromatic rings. The van der Waals surface area contributed by atoms with Gasteiger partial charge in [0.1, 0.15) is 0 Å². The number of carbonyl (C=O) groups is 1. The number of amides is 1. The normalized spacial score (nSPS) is 18.8. The second kappa shape index (κ2) is 7.27. The molecular formula is C17H25N3O. The van der Waals surface area contributed by atoms with Crippen LogP contribution in [0, 0.1) is 0 Å². The minimum Gasteiger partial charge on any atom is -0.399 e. The Morgan fingerprint density at radius 1 is 1.43 bits per heavy atom. The summed E-state index contributed by atoms with van der Waals surface area (Å²) < 4.78 is 0. The molecule has 0 aromatic heterocycles. The van der Waals surface area contributed by atoms with E-state index in [-0.39, 0.29) is 5.91 Å². The van der Waals surface area contributed by atoms with Crippen LogP contribution in [0.2, 0.25) is 0 Å². The lowest BCUT2D eigenvalue weighted by Gasteiger charge is -2.25. The van der Waals surface area contributed by atoms with Gasteiger partial charge in [0.25, 0.3) is 0 Å². The molecule has 114 valence electrons. The first kappa shape index (κ1) is 15.6. The van der Waals surface area contributed by atoms with Gasteiger partial charge in [0.15, 0.2) is 0 Å². The number of anilines is 1. The van der Waals surface area contributed by atoms with E-state index in [9.17, 15) is 4.79 Å². The van der Waals surface area contributed by atoms with Crippen LogP contribution in [-0.2, 0) is 4.79 Å². The van der Waals surface area contributed by atoms with Crippen LogP contribution in [0.25, 0.3) is 6.08 Å². The minimum absolute atomic E-state index is 0.0899. The van der Waals surface area contributed by atoms with Gasteiger partial charge in [0.05, 0.1) is 0 Å². The van der Waals surface area contributed by atoms with Gasteiger partial charge < -0.3 is 10.6 Å². The van der Waals surface area contributed by atoms with Gasteiger partial charge in [-0.3, -0.25) is 9.69 Å². The Morgan fingerprint density at radius 3 is 2.86 bits per heavy atom. The monoisotopic (exact) mass is 287 g/mol. The van der Waals surface area contributed by atoms with Crippen molar-refractivity contribution in [2.75, 3.05) is 31.9 Å². The number of likely N-dealkylation sites (tertiary alicyclic amines) is 1. The molecule has 21 heavy (non-hydrogen) atoms.